The zero-order valence-electron chi connectivity index (χ0n) is 23.4. The quantitative estimate of drug-likeness (QED) is 0.383. The van der Waals surface area contributed by atoms with Crippen molar-refractivity contribution in [3.05, 3.63) is 36.0 Å². The molecular formula is C29H45N5O4. The predicted octanol–water partition coefficient (Wildman–Crippen LogP) is 3.80. The lowest BCUT2D eigenvalue weighted by molar-refractivity contribution is -0.141. The van der Waals surface area contributed by atoms with Crippen molar-refractivity contribution >= 4 is 22.9 Å². The molecule has 1 aromatic carbocycles. The van der Waals surface area contributed by atoms with Crippen molar-refractivity contribution in [2.45, 2.75) is 76.6 Å². The van der Waals surface area contributed by atoms with Gasteiger partial charge in [-0.15, -0.1) is 0 Å². The third-order valence-corrected chi connectivity index (χ3v) is 7.37. The van der Waals surface area contributed by atoms with Crippen LogP contribution in [0.3, 0.4) is 0 Å². The fourth-order valence-corrected chi connectivity index (χ4v) is 5.58. The Morgan fingerprint density at radius 3 is 2.68 bits per heavy atom. The number of piperidine rings is 1. The van der Waals surface area contributed by atoms with Crippen molar-refractivity contribution in [2.24, 2.45) is 11.7 Å². The molecule has 0 spiro atoms. The number of carbonyl (C=O) groups excluding carboxylic acids is 2. The average molecular weight is 528 g/mol. The largest absolute Gasteiger partial charge is 0.444 e. The molecule has 210 valence electrons. The Labute approximate surface area is 226 Å². The predicted molar refractivity (Wildman–Crippen MR) is 149 cm³/mol. The van der Waals surface area contributed by atoms with E-state index in [1.54, 1.807) is 12.0 Å². The molecule has 2 aliphatic rings. The maximum atomic E-state index is 14.4. The maximum absolute atomic E-state index is 14.4. The van der Waals surface area contributed by atoms with Gasteiger partial charge in [-0.3, -0.25) is 4.79 Å². The molecule has 2 amide bonds. The summed E-state index contributed by atoms with van der Waals surface area (Å²) in [7, 11) is 1.71. The molecule has 0 radical (unpaired) electrons. The number of nitrogens with one attached hydrogen (secondary N) is 2. The molecule has 0 bridgehead atoms. The van der Waals surface area contributed by atoms with Gasteiger partial charge >= 0.3 is 6.09 Å². The molecular weight excluding hydrogens is 482 g/mol. The minimum Gasteiger partial charge on any atom is -0.444 e. The van der Waals surface area contributed by atoms with E-state index < -0.39 is 5.60 Å². The Kier molecular flexibility index (Phi) is 9.33. The van der Waals surface area contributed by atoms with E-state index in [0.717, 1.165) is 42.1 Å². The van der Waals surface area contributed by atoms with Crippen LogP contribution in [0.1, 0.15) is 64.5 Å². The second-order valence-electron chi connectivity index (χ2n) is 11.7. The van der Waals surface area contributed by atoms with Gasteiger partial charge in [0.1, 0.15) is 5.60 Å². The lowest BCUT2D eigenvalue weighted by atomic mass is 9.90. The van der Waals surface area contributed by atoms with E-state index in [0.29, 0.717) is 39.2 Å². The maximum Gasteiger partial charge on any atom is 0.410 e. The molecule has 1 unspecified atom stereocenters. The highest BCUT2D eigenvalue weighted by atomic mass is 16.6. The Morgan fingerprint density at radius 2 is 2.00 bits per heavy atom. The molecule has 4 N–H and O–H groups in total. The first-order valence-corrected chi connectivity index (χ1v) is 14.0. The van der Waals surface area contributed by atoms with E-state index >= 15 is 0 Å². The minimum atomic E-state index is -0.601. The summed E-state index contributed by atoms with van der Waals surface area (Å²) >= 11 is 0. The highest BCUT2D eigenvalue weighted by molar-refractivity contribution is 5.86. The van der Waals surface area contributed by atoms with Crippen LogP contribution >= 0.6 is 0 Å². The number of amides is 2. The van der Waals surface area contributed by atoms with Gasteiger partial charge in [0.2, 0.25) is 5.91 Å². The van der Waals surface area contributed by atoms with Gasteiger partial charge < -0.3 is 35.3 Å². The number of benzene rings is 1. The third kappa shape index (κ3) is 7.07. The van der Waals surface area contributed by atoms with Crippen LogP contribution in [0, 0.1) is 5.92 Å². The summed E-state index contributed by atoms with van der Waals surface area (Å²) in [5, 5.41) is 4.59. The summed E-state index contributed by atoms with van der Waals surface area (Å²) < 4.78 is 11.1. The number of carbonyl (C=O) groups is 2. The SMILES string of the molecule is COCCCC(c1c[nH]c2ccccc12)N(C(=O)[C@@H]1C[C@H](NCCN)CN(C(=O)OC(C)(C)C)C1)C1CC1. The molecule has 1 saturated heterocycles. The van der Waals surface area contributed by atoms with Crippen LogP contribution in [0.4, 0.5) is 4.79 Å². The van der Waals surface area contributed by atoms with Crippen molar-refractivity contribution < 1.29 is 19.1 Å². The zero-order chi connectivity index (χ0) is 27.3. The first-order valence-electron chi connectivity index (χ1n) is 14.0. The lowest BCUT2D eigenvalue weighted by Gasteiger charge is -2.41. The monoisotopic (exact) mass is 527 g/mol. The number of fused-ring (bicyclic) bond motifs is 1. The Hall–Kier alpha value is -2.62. The molecule has 9 nitrogen and oxygen atoms in total. The van der Waals surface area contributed by atoms with E-state index in [4.69, 9.17) is 15.2 Å². The molecule has 1 aromatic heterocycles. The fourth-order valence-electron chi connectivity index (χ4n) is 5.58. The number of nitrogens with two attached hydrogens (primary N) is 1. The highest BCUT2D eigenvalue weighted by Crippen LogP contribution is 2.41. The third-order valence-electron chi connectivity index (χ3n) is 7.37. The number of nitrogens with zero attached hydrogens (tertiary/aromatic N) is 2. The van der Waals surface area contributed by atoms with Crippen LogP contribution in [-0.4, -0.2) is 84.4 Å². The van der Waals surface area contributed by atoms with E-state index in [-0.39, 0.29) is 36.0 Å². The van der Waals surface area contributed by atoms with Gasteiger partial charge in [0.15, 0.2) is 0 Å². The van der Waals surface area contributed by atoms with E-state index in [1.807, 2.05) is 32.9 Å². The van der Waals surface area contributed by atoms with Gasteiger partial charge in [0.05, 0.1) is 12.0 Å². The number of hydrogen-bond donors (Lipinski definition) is 3. The van der Waals surface area contributed by atoms with Crippen LogP contribution in [-0.2, 0) is 14.3 Å². The average Bonchev–Trinajstić information content (AvgIpc) is 3.63. The number of ether oxygens (including phenoxy) is 2. The number of methoxy groups -OCH3 is 1. The molecule has 4 rings (SSSR count). The van der Waals surface area contributed by atoms with Crippen molar-refractivity contribution in [1.82, 2.24) is 20.1 Å². The Morgan fingerprint density at radius 1 is 1.24 bits per heavy atom. The zero-order valence-corrected chi connectivity index (χ0v) is 23.4. The summed E-state index contributed by atoms with van der Waals surface area (Å²) in [5.74, 6) is -0.199. The summed E-state index contributed by atoms with van der Waals surface area (Å²) in [6, 6.07) is 8.40. The lowest BCUT2D eigenvalue weighted by Crippen LogP contribution is -2.56. The van der Waals surface area contributed by atoms with Crippen LogP contribution < -0.4 is 11.1 Å². The van der Waals surface area contributed by atoms with Gasteiger partial charge in [-0.25, -0.2) is 4.79 Å². The van der Waals surface area contributed by atoms with E-state index in [2.05, 4.69) is 33.5 Å². The molecule has 38 heavy (non-hydrogen) atoms. The standard InChI is InChI=1S/C29H45N5O4/c1-29(2,3)38-28(36)33-18-20(16-21(19-33)31-14-13-30)27(35)34(22-11-12-22)26(10-7-15-37-4)24-17-32-25-9-6-5-8-23(24)25/h5-6,8-9,17,20-22,26,31-32H,7,10-16,18-19,30H2,1-4H3/t20-,21+,26?/m1/s1. The van der Waals surface area contributed by atoms with E-state index in [9.17, 15) is 9.59 Å². The first-order chi connectivity index (χ1) is 18.2. The number of H-pyrrole nitrogens is 1. The summed E-state index contributed by atoms with van der Waals surface area (Å²) in [6.07, 6.45) is 6.03. The minimum absolute atomic E-state index is 0.0187. The number of para-hydroxylation sites is 1. The van der Waals surface area contributed by atoms with Gasteiger partial charge in [0, 0.05) is 69.1 Å². The van der Waals surface area contributed by atoms with Crippen LogP contribution in [0.2, 0.25) is 0 Å². The number of likely N-dealkylation sites (tertiary alicyclic amines) is 1. The molecule has 3 atom stereocenters. The van der Waals surface area contributed by atoms with Crippen LogP contribution in [0.25, 0.3) is 10.9 Å². The number of hydrogen-bond acceptors (Lipinski definition) is 6. The molecule has 1 aliphatic heterocycles. The second-order valence-corrected chi connectivity index (χ2v) is 11.7. The van der Waals surface area contributed by atoms with Crippen molar-refractivity contribution in [2.75, 3.05) is 39.9 Å². The number of rotatable bonds is 11. The van der Waals surface area contributed by atoms with Gasteiger partial charge in [-0.05, 0) is 64.5 Å². The second kappa shape index (κ2) is 12.5. The summed E-state index contributed by atoms with van der Waals surface area (Å²) in [5.41, 5.74) is 7.37. The summed E-state index contributed by atoms with van der Waals surface area (Å²) in [6.45, 7) is 8.23. The molecule has 2 fully saturated rings. The normalized spacial score (nSPS) is 20.9. The van der Waals surface area contributed by atoms with Crippen molar-refractivity contribution in [3.8, 4) is 0 Å². The van der Waals surface area contributed by atoms with Crippen LogP contribution in [0.15, 0.2) is 30.5 Å². The van der Waals surface area contributed by atoms with Gasteiger partial charge in [-0.2, -0.15) is 0 Å². The molecule has 9 heteroatoms. The Balaban J connectivity index is 1.62. The fraction of sp³-hybridized carbons (Fsp3) is 0.655. The smallest absolute Gasteiger partial charge is 0.410 e. The van der Waals surface area contributed by atoms with Crippen LogP contribution in [0.5, 0.6) is 0 Å². The van der Waals surface area contributed by atoms with E-state index in [1.165, 1.54) is 0 Å². The van der Waals surface area contributed by atoms with Gasteiger partial charge in [0.25, 0.3) is 0 Å². The van der Waals surface area contributed by atoms with Gasteiger partial charge in [-0.1, -0.05) is 18.2 Å². The summed E-state index contributed by atoms with van der Waals surface area (Å²) in [4.78, 5) is 34.7. The van der Waals surface area contributed by atoms with Crippen molar-refractivity contribution in [3.63, 3.8) is 0 Å². The first kappa shape index (κ1) is 28.4. The Bertz CT molecular complexity index is 1080. The molecule has 1 aliphatic carbocycles. The number of aromatic nitrogens is 1. The highest BCUT2D eigenvalue weighted by Gasteiger charge is 2.44. The molecule has 1 saturated carbocycles. The van der Waals surface area contributed by atoms with Crippen molar-refractivity contribution in [1.29, 1.82) is 0 Å². The number of aromatic amines is 1. The topological polar surface area (TPSA) is 113 Å². The molecule has 2 aromatic rings. The molecule has 2 heterocycles.